The Balaban J connectivity index is 1.86. The van der Waals surface area contributed by atoms with Crippen LogP contribution in [-0.4, -0.2) is 41.5 Å². The Morgan fingerprint density at radius 1 is 1.47 bits per heavy atom. The summed E-state index contributed by atoms with van der Waals surface area (Å²) in [6, 6.07) is 8.12. The fourth-order valence-corrected chi connectivity index (χ4v) is 2.49. The minimum Gasteiger partial charge on any atom is -0.486 e. The van der Waals surface area contributed by atoms with Crippen molar-refractivity contribution in [1.82, 2.24) is 4.90 Å². The lowest BCUT2D eigenvalue weighted by molar-refractivity contribution is -0.139. The Labute approximate surface area is 119 Å². The number of carbonyl (C=O) groups is 1. The zero-order chi connectivity index (χ0) is 13.8. The number of para-hydroxylation sites is 1. The number of benzene rings is 1. The lowest BCUT2D eigenvalue weighted by atomic mass is 10.1. The standard InChI is InChI=1S/C15H21NO2S/c1-4-12-7-5-6-8-14(12)18-13-9-16(10-13)15(17)11(2)19-3/h5-8,11,13H,4,9-10H2,1-3H3/t11-/m1/s1. The Bertz CT molecular complexity index is 444. The van der Waals surface area contributed by atoms with E-state index in [1.165, 1.54) is 5.56 Å². The topological polar surface area (TPSA) is 29.5 Å². The highest BCUT2D eigenvalue weighted by molar-refractivity contribution is 7.99. The predicted octanol–water partition coefficient (Wildman–Crippen LogP) is 2.59. The highest BCUT2D eigenvalue weighted by atomic mass is 32.2. The minimum atomic E-state index is 0.0453. The molecule has 0 unspecified atom stereocenters. The van der Waals surface area contributed by atoms with E-state index >= 15 is 0 Å². The summed E-state index contributed by atoms with van der Waals surface area (Å²) in [5, 5.41) is 0.0453. The number of hydrogen-bond donors (Lipinski definition) is 0. The zero-order valence-corrected chi connectivity index (χ0v) is 12.6. The van der Waals surface area contributed by atoms with Gasteiger partial charge in [0.1, 0.15) is 11.9 Å². The molecule has 0 spiro atoms. The average Bonchev–Trinajstić information content (AvgIpc) is 2.41. The number of amides is 1. The number of ether oxygens (including phenoxy) is 1. The molecule has 0 aromatic heterocycles. The first kappa shape index (κ1) is 14.3. The third-order valence-corrected chi connectivity index (χ3v) is 4.42. The van der Waals surface area contributed by atoms with Crippen molar-refractivity contribution in [2.24, 2.45) is 0 Å². The van der Waals surface area contributed by atoms with Gasteiger partial charge in [0.05, 0.1) is 18.3 Å². The molecule has 0 aliphatic carbocycles. The fourth-order valence-electron chi connectivity index (χ4n) is 2.14. The number of rotatable bonds is 5. The molecule has 1 atom stereocenters. The average molecular weight is 279 g/mol. The molecule has 0 N–H and O–H groups in total. The molecule has 0 bridgehead atoms. The van der Waals surface area contributed by atoms with E-state index in [4.69, 9.17) is 4.74 Å². The molecule has 1 aromatic carbocycles. The number of hydrogen-bond acceptors (Lipinski definition) is 3. The normalized spacial score (nSPS) is 16.9. The van der Waals surface area contributed by atoms with Crippen molar-refractivity contribution < 1.29 is 9.53 Å². The molecule has 19 heavy (non-hydrogen) atoms. The summed E-state index contributed by atoms with van der Waals surface area (Å²) in [4.78, 5) is 13.8. The van der Waals surface area contributed by atoms with Gasteiger partial charge in [-0.3, -0.25) is 4.79 Å². The Kier molecular flexibility index (Phi) is 4.75. The molecule has 104 valence electrons. The first-order chi connectivity index (χ1) is 9.15. The van der Waals surface area contributed by atoms with Crippen molar-refractivity contribution >= 4 is 17.7 Å². The molecule has 1 aliphatic rings. The van der Waals surface area contributed by atoms with E-state index in [2.05, 4.69) is 13.0 Å². The summed E-state index contributed by atoms with van der Waals surface area (Å²) in [5.74, 6) is 1.18. The van der Waals surface area contributed by atoms with Crippen LogP contribution in [0.2, 0.25) is 0 Å². The number of likely N-dealkylation sites (tertiary alicyclic amines) is 1. The van der Waals surface area contributed by atoms with Gasteiger partial charge in [0.2, 0.25) is 5.91 Å². The number of nitrogens with zero attached hydrogens (tertiary/aromatic N) is 1. The van der Waals surface area contributed by atoms with E-state index in [9.17, 15) is 4.79 Å². The van der Waals surface area contributed by atoms with E-state index in [0.29, 0.717) is 13.1 Å². The highest BCUT2D eigenvalue weighted by Gasteiger charge is 2.34. The molecule has 1 aliphatic heterocycles. The summed E-state index contributed by atoms with van der Waals surface area (Å²) in [6.45, 7) is 5.50. The first-order valence-electron chi connectivity index (χ1n) is 6.71. The van der Waals surface area contributed by atoms with Crippen LogP contribution in [0.4, 0.5) is 0 Å². The van der Waals surface area contributed by atoms with Gasteiger partial charge >= 0.3 is 0 Å². The van der Waals surface area contributed by atoms with Crippen LogP contribution < -0.4 is 4.74 Å². The Morgan fingerprint density at radius 3 is 2.79 bits per heavy atom. The lowest BCUT2D eigenvalue weighted by Crippen LogP contribution is -2.57. The van der Waals surface area contributed by atoms with Crippen LogP contribution in [0.25, 0.3) is 0 Å². The number of thioether (sulfide) groups is 1. The second-order valence-corrected chi connectivity index (χ2v) is 6.00. The third kappa shape index (κ3) is 3.24. The first-order valence-corrected chi connectivity index (χ1v) is 8.00. The van der Waals surface area contributed by atoms with Crippen LogP contribution in [-0.2, 0) is 11.2 Å². The SMILES string of the molecule is CCc1ccccc1OC1CN(C(=O)[C@@H](C)SC)C1. The molecule has 1 aromatic rings. The highest BCUT2D eigenvalue weighted by Crippen LogP contribution is 2.24. The summed E-state index contributed by atoms with van der Waals surface area (Å²) < 4.78 is 5.97. The monoisotopic (exact) mass is 279 g/mol. The van der Waals surface area contributed by atoms with Crippen LogP contribution >= 0.6 is 11.8 Å². The Hall–Kier alpha value is -1.16. The van der Waals surface area contributed by atoms with Gasteiger partial charge in [0.25, 0.3) is 0 Å². The third-order valence-electron chi connectivity index (χ3n) is 3.51. The van der Waals surface area contributed by atoms with Crippen molar-refractivity contribution in [1.29, 1.82) is 0 Å². The molecule has 1 saturated heterocycles. The van der Waals surface area contributed by atoms with Crippen molar-refractivity contribution in [3.63, 3.8) is 0 Å². The van der Waals surface area contributed by atoms with Crippen LogP contribution in [0.5, 0.6) is 5.75 Å². The van der Waals surface area contributed by atoms with E-state index in [1.807, 2.05) is 36.3 Å². The smallest absolute Gasteiger partial charge is 0.235 e. The molecule has 2 rings (SSSR count). The molecule has 1 heterocycles. The maximum Gasteiger partial charge on any atom is 0.235 e. The van der Waals surface area contributed by atoms with Crippen molar-refractivity contribution in [2.75, 3.05) is 19.3 Å². The van der Waals surface area contributed by atoms with Crippen molar-refractivity contribution in [2.45, 2.75) is 31.6 Å². The number of carbonyl (C=O) groups excluding carboxylic acids is 1. The summed E-state index contributed by atoms with van der Waals surface area (Å²) in [5.41, 5.74) is 1.23. The van der Waals surface area contributed by atoms with E-state index < -0.39 is 0 Å². The molecule has 0 saturated carbocycles. The van der Waals surface area contributed by atoms with Crippen LogP contribution in [0, 0.1) is 0 Å². The molecule has 1 fully saturated rings. The van der Waals surface area contributed by atoms with Crippen molar-refractivity contribution in [3.05, 3.63) is 29.8 Å². The largest absolute Gasteiger partial charge is 0.486 e. The second-order valence-electron chi connectivity index (χ2n) is 4.82. The zero-order valence-electron chi connectivity index (χ0n) is 11.8. The molecule has 4 heteroatoms. The van der Waals surface area contributed by atoms with Gasteiger partial charge < -0.3 is 9.64 Å². The van der Waals surface area contributed by atoms with Gasteiger partial charge in [-0.2, -0.15) is 11.8 Å². The maximum atomic E-state index is 11.9. The van der Waals surface area contributed by atoms with E-state index in [0.717, 1.165) is 12.2 Å². The van der Waals surface area contributed by atoms with Gasteiger partial charge in [-0.05, 0) is 31.2 Å². The summed E-state index contributed by atoms with van der Waals surface area (Å²) in [7, 11) is 0. The summed E-state index contributed by atoms with van der Waals surface area (Å²) in [6.07, 6.45) is 3.08. The van der Waals surface area contributed by atoms with Gasteiger partial charge in [-0.15, -0.1) is 0 Å². The second kappa shape index (κ2) is 6.33. The quantitative estimate of drug-likeness (QED) is 0.829. The fraction of sp³-hybridized carbons (Fsp3) is 0.533. The molecular formula is C15H21NO2S. The van der Waals surface area contributed by atoms with Gasteiger partial charge in [0, 0.05) is 0 Å². The number of aryl methyl sites for hydroxylation is 1. The molecule has 3 nitrogen and oxygen atoms in total. The van der Waals surface area contributed by atoms with Crippen LogP contribution in [0.1, 0.15) is 19.4 Å². The van der Waals surface area contributed by atoms with Crippen LogP contribution in [0.3, 0.4) is 0 Å². The van der Waals surface area contributed by atoms with Gasteiger partial charge in [-0.25, -0.2) is 0 Å². The lowest BCUT2D eigenvalue weighted by Gasteiger charge is -2.40. The predicted molar refractivity (Wildman–Crippen MR) is 79.8 cm³/mol. The summed E-state index contributed by atoms with van der Waals surface area (Å²) >= 11 is 1.59. The van der Waals surface area contributed by atoms with Gasteiger partial charge in [-0.1, -0.05) is 25.1 Å². The molecular weight excluding hydrogens is 258 g/mol. The molecule has 0 radical (unpaired) electrons. The van der Waals surface area contributed by atoms with E-state index in [1.54, 1.807) is 11.8 Å². The van der Waals surface area contributed by atoms with Crippen molar-refractivity contribution in [3.8, 4) is 5.75 Å². The van der Waals surface area contributed by atoms with E-state index in [-0.39, 0.29) is 17.3 Å². The molecule has 1 amide bonds. The minimum absolute atomic E-state index is 0.0453. The van der Waals surface area contributed by atoms with Crippen LogP contribution in [0.15, 0.2) is 24.3 Å². The maximum absolute atomic E-state index is 11.9. The van der Waals surface area contributed by atoms with Gasteiger partial charge in [0.15, 0.2) is 0 Å². The Morgan fingerprint density at radius 2 is 2.16 bits per heavy atom.